The van der Waals surface area contributed by atoms with Gasteiger partial charge in [-0.3, -0.25) is 0 Å². The Morgan fingerprint density at radius 3 is 2.67 bits per heavy atom. The van der Waals surface area contributed by atoms with Crippen molar-refractivity contribution < 1.29 is 9.13 Å². The Bertz CT molecular complexity index is 336. The van der Waals surface area contributed by atoms with Crippen LogP contribution in [0.4, 0.5) is 4.39 Å². The van der Waals surface area contributed by atoms with E-state index < -0.39 is 0 Å². The molecule has 0 aliphatic rings. The van der Waals surface area contributed by atoms with Crippen LogP contribution in [0, 0.1) is 18.2 Å². The van der Waals surface area contributed by atoms with Gasteiger partial charge < -0.3 is 4.74 Å². The molecule has 0 saturated carbocycles. The second-order valence-electron chi connectivity index (χ2n) is 4.50. The van der Waals surface area contributed by atoms with Gasteiger partial charge in [-0.1, -0.05) is 35.8 Å². The lowest BCUT2D eigenvalue weighted by atomic mass is 9.98. The molecule has 1 aromatic carbocycles. The minimum atomic E-state index is -0.257. The average molecular weight is 275 g/mol. The normalized spacial score (nSPS) is 11.5. The Kier molecular flexibility index (Phi) is 4.14. The monoisotopic (exact) mass is 274 g/mol. The van der Waals surface area contributed by atoms with Gasteiger partial charge in [0.15, 0.2) is 0 Å². The molecule has 0 spiro atoms. The number of hydrogen-bond acceptors (Lipinski definition) is 1. The van der Waals surface area contributed by atoms with Crippen LogP contribution in [-0.2, 0) is 0 Å². The van der Waals surface area contributed by atoms with Gasteiger partial charge in [0, 0.05) is 16.8 Å². The third kappa shape index (κ3) is 3.82. The summed E-state index contributed by atoms with van der Waals surface area (Å²) in [6, 6.07) is 4.60. The summed E-state index contributed by atoms with van der Waals surface area (Å²) in [6.07, 6.45) is 0. The maximum atomic E-state index is 13.0. The molecule has 0 aromatic heterocycles. The van der Waals surface area contributed by atoms with Crippen molar-refractivity contribution in [2.75, 3.05) is 11.9 Å². The van der Waals surface area contributed by atoms with Crippen molar-refractivity contribution in [2.24, 2.45) is 5.41 Å². The molecule has 1 rings (SSSR count). The van der Waals surface area contributed by atoms with Gasteiger partial charge in [-0.15, -0.1) is 0 Å². The Hall–Kier alpha value is -0.570. The predicted octanol–water partition coefficient (Wildman–Crippen LogP) is 3.93. The summed E-state index contributed by atoms with van der Waals surface area (Å²) in [5, 5.41) is 0.856. The maximum absolute atomic E-state index is 13.0. The molecular formula is C12H16BrFO. The third-order valence-electron chi connectivity index (χ3n) is 2.13. The number of benzene rings is 1. The van der Waals surface area contributed by atoms with E-state index in [1.807, 2.05) is 6.92 Å². The highest BCUT2D eigenvalue weighted by Crippen LogP contribution is 2.23. The van der Waals surface area contributed by atoms with Crippen LogP contribution in [0.2, 0.25) is 0 Å². The number of hydrogen-bond donors (Lipinski definition) is 0. The number of alkyl halides is 1. The van der Waals surface area contributed by atoms with E-state index in [0.717, 1.165) is 10.9 Å². The van der Waals surface area contributed by atoms with Crippen molar-refractivity contribution in [3.05, 3.63) is 29.6 Å². The first-order valence-electron chi connectivity index (χ1n) is 4.89. The molecule has 3 heteroatoms. The Morgan fingerprint density at radius 1 is 1.40 bits per heavy atom. The van der Waals surface area contributed by atoms with E-state index in [4.69, 9.17) is 4.74 Å². The Labute approximate surface area is 98.8 Å². The van der Waals surface area contributed by atoms with Gasteiger partial charge in [-0.05, 0) is 18.6 Å². The minimum Gasteiger partial charge on any atom is -0.493 e. The first-order valence-corrected chi connectivity index (χ1v) is 6.02. The third-order valence-corrected chi connectivity index (χ3v) is 3.65. The number of halogens is 2. The Balaban J connectivity index is 2.69. The molecule has 0 unspecified atom stereocenters. The number of rotatable bonds is 4. The largest absolute Gasteiger partial charge is 0.493 e. The zero-order valence-corrected chi connectivity index (χ0v) is 10.9. The van der Waals surface area contributed by atoms with Gasteiger partial charge in [-0.25, -0.2) is 4.39 Å². The van der Waals surface area contributed by atoms with Crippen molar-refractivity contribution in [3.63, 3.8) is 0 Å². The summed E-state index contributed by atoms with van der Waals surface area (Å²) in [5.74, 6) is 0.372. The number of aryl methyl sites for hydroxylation is 1. The standard InChI is InChI=1S/C12H16BrFO/c1-9-4-5-10(14)6-11(9)15-8-12(2,3)7-13/h4-6H,7-8H2,1-3H3. The quantitative estimate of drug-likeness (QED) is 0.756. The van der Waals surface area contributed by atoms with Crippen LogP contribution in [0.25, 0.3) is 0 Å². The van der Waals surface area contributed by atoms with Gasteiger partial charge in [0.25, 0.3) is 0 Å². The summed E-state index contributed by atoms with van der Waals surface area (Å²) in [7, 11) is 0. The first-order chi connectivity index (χ1) is 6.94. The van der Waals surface area contributed by atoms with Gasteiger partial charge >= 0.3 is 0 Å². The second kappa shape index (κ2) is 4.97. The van der Waals surface area contributed by atoms with Crippen molar-refractivity contribution in [1.82, 2.24) is 0 Å². The molecule has 0 amide bonds. The fraction of sp³-hybridized carbons (Fsp3) is 0.500. The SMILES string of the molecule is Cc1ccc(F)cc1OCC(C)(C)CBr. The molecule has 1 aromatic rings. The summed E-state index contributed by atoms with van der Waals surface area (Å²) in [6.45, 7) is 6.67. The smallest absolute Gasteiger partial charge is 0.126 e. The first kappa shape index (κ1) is 12.5. The zero-order valence-electron chi connectivity index (χ0n) is 9.31. The highest BCUT2D eigenvalue weighted by atomic mass is 79.9. The van der Waals surface area contributed by atoms with Crippen LogP contribution in [0.15, 0.2) is 18.2 Å². The van der Waals surface area contributed by atoms with E-state index in [0.29, 0.717) is 12.4 Å². The predicted molar refractivity (Wildman–Crippen MR) is 64.2 cm³/mol. The van der Waals surface area contributed by atoms with Gasteiger partial charge in [0.2, 0.25) is 0 Å². The molecule has 0 N–H and O–H groups in total. The van der Waals surface area contributed by atoms with Crippen molar-refractivity contribution in [1.29, 1.82) is 0 Å². The molecule has 0 aliphatic heterocycles. The van der Waals surface area contributed by atoms with E-state index in [2.05, 4.69) is 29.8 Å². The van der Waals surface area contributed by atoms with Crippen molar-refractivity contribution >= 4 is 15.9 Å². The molecule has 15 heavy (non-hydrogen) atoms. The summed E-state index contributed by atoms with van der Waals surface area (Å²) >= 11 is 3.42. The molecule has 0 atom stereocenters. The lowest BCUT2D eigenvalue weighted by Gasteiger charge is -2.22. The molecule has 0 bridgehead atoms. The highest BCUT2D eigenvalue weighted by molar-refractivity contribution is 9.09. The highest BCUT2D eigenvalue weighted by Gasteiger charge is 2.17. The lowest BCUT2D eigenvalue weighted by molar-refractivity contribution is 0.201. The van der Waals surface area contributed by atoms with Crippen LogP contribution in [0.3, 0.4) is 0 Å². The van der Waals surface area contributed by atoms with Crippen LogP contribution in [-0.4, -0.2) is 11.9 Å². The van der Waals surface area contributed by atoms with Gasteiger partial charge in [-0.2, -0.15) is 0 Å². The van der Waals surface area contributed by atoms with Crippen LogP contribution in [0.5, 0.6) is 5.75 Å². The summed E-state index contributed by atoms with van der Waals surface area (Å²) in [5.41, 5.74) is 1.01. The summed E-state index contributed by atoms with van der Waals surface area (Å²) < 4.78 is 18.6. The van der Waals surface area contributed by atoms with Gasteiger partial charge in [0.1, 0.15) is 11.6 Å². The average Bonchev–Trinajstić information content (AvgIpc) is 2.20. The molecule has 0 radical (unpaired) electrons. The molecule has 0 saturated heterocycles. The lowest BCUT2D eigenvalue weighted by Crippen LogP contribution is -2.23. The molecular weight excluding hydrogens is 259 g/mol. The Morgan fingerprint density at radius 2 is 2.07 bits per heavy atom. The molecule has 84 valence electrons. The topological polar surface area (TPSA) is 9.23 Å². The molecule has 0 heterocycles. The van der Waals surface area contributed by atoms with E-state index >= 15 is 0 Å². The van der Waals surface area contributed by atoms with E-state index in [9.17, 15) is 4.39 Å². The zero-order chi connectivity index (χ0) is 11.5. The minimum absolute atomic E-state index is 0.0543. The van der Waals surface area contributed by atoms with Crippen LogP contribution in [0.1, 0.15) is 19.4 Å². The summed E-state index contributed by atoms with van der Waals surface area (Å²) in [4.78, 5) is 0. The van der Waals surface area contributed by atoms with E-state index in [1.165, 1.54) is 12.1 Å². The molecule has 0 aliphatic carbocycles. The fourth-order valence-electron chi connectivity index (χ4n) is 1.04. The van der Waals surface area contributed by atoms with Crippen LogP contribution < -0.4 is 4.74 Å². The van der Waals surface area contributed by atoms with Crippen molar-refractivity contribution in [3.8, 4) is 5.75 Å². The molecule has 1 nitrogen and oxygen atoms in total. The molecule has 0 fully saturated rings. The van der Waals surface area contributed by atoms with Gasteiger partial charge in [0.05, 0.1) is 6.61 Å². The fourth-order valence-corrected chi connectivity index (χ4v) is 1.20. The van der Waals surface area contributed by atoms with E-state index in [-0.39, 0.29) is 11.2 Å². The second-order valence-corrected chi connectivity index (χ2v) is 5.06. The number of ether oxygens (including phenoxy) is 1. The van der Waals surface area contributed by atoms with Crippen LogP contribution >= 0.6 is 15.9 Å². The maximum Gasteiger partial charge on any atom is 0.126 e. The van der Waals surface area contributed by atoms with E-state index in [1.54, 1.807) is 6.07 Å². The van der Waals surface area contributed by atoms with Crippen molar-refractivity contribution in [2.45, 2.75) is 20.8 Å².